The van der Waals surface area contributed by atoms with Gasteiger partial charge in [0.05, 0.1) is 5.56 Å². The average Bonchev–Trinajstić information content (AvgIpc) is 2.03. The lowest BCUT2D eigenvalue weighted by Gasteiger charge is -2.08. The van der Waals surface area contributed by atoms with E-state index in [2.05, 4.69) is 36.4 Å². The Bertz CT molecular complexity index is 332. The van der Waals surface area contributed by atoms with E-state index in [9.17, 15) is 4.79 Å². The van der Waals surface area contributed by atoms with Crippen molar-refractivity contribution in [2.24, 2.45) is 0 Å². The summed E-state index contributed by atoms with van der Waals surface area (Å²) in [5.41, 5.74) is 1.56. The SMILES string of the molecule is CC(C)c1ccc(C(=O)O)cc1I. The molecule has 1 N–H and O–H groups in total. The molecule has 1 rings (SSSR count). The van der Waals surface area contributed by atoms with Gasteiger partial charge >= 0.3 is 5.97 Å². The number of benzene rings is 1. The van der Waals surface area contributed by atoms with Gasteiger partial charge < -0.3 is 5.11 Å². The molecule has 1 aromatic carbocycles. The van der Waals surface area contributed by atoms with Crippen LogP contribution in [0.15, 0.2) is 18.2 Å². The van der Waals surface area contributed by atoms with Gasteiger partial charge in [0, 0.05) is 3.57 Å². The highest BCUT2D eigenvalue weighted by Gasteiger charge is 2.08. The van der Waals surface area contributed by atoms with Gasteiger partial charge in [-0.2, -0.15) is 0 Å². The number of hydrogen-bond acceptors (Lipinski definition) is 1. The molecule has 3 heteroatoms. The molecule has 0 heterocycles. The molecule has 0 aliphatic heterocycles. The molecular formula is C10H11IO2. The maximum Gasteiger partial charge on any atom is 0.335 e. The smallest absolute Gasteiger partial charge is 0.335 e. The third kappa shape index (κ3) is 2.43. The van der Waals surface area contributed by atoms with E-state index in [1.807, 2.05) is 6.07 Å². The predicted octanol–water partition coefficient (Wildman–Crippen LogP) is 3.11. The van der Waals surface area contributed by atoms with Crippen LogP contribution in [0.3, 0.4) is 0 Å². The van der Waals surface area contributed by atoms with Crippen LogP contribution in [-0.4, -0.2) is 11.1 Å². The standard InChI is InChI=1S/C10H11IO2/c1-6(2)8-4-3-7(10(12)13)5-9(8)11/h3-6H,1-2H3,(H,12,13). The fourth-order valence-electron chi connectivity index (χ4n) is 1.13. The van der Waals surface area contributed by atoms with Gasteiger partial charge in [-0.15, -0.1) is 0 Å². The van der Waals surface area contributed by atoms with Crippen molar-refractivity contribution in [3.8, 4) is 0 Å². The minimum Gasteiger partial charge on any atom is -0.478 e. The van der Waals surface area contributed by atoms with Crippen molar-refractivity contribution < 1.29 is 9.90 Å². The van der Waals surface area contributed by atoms with Crippen molar-refractivity contribution in [1.29, 1.82) is 0 Å². The monoisotopic (exact) mass is 290 g/mol. The van der Waals surface area contributed by atoms with Gasteiger partial charge in [0.2, 0.25) is 0 Å². The van der Waals surface area contributed by atoms with Gasteiger partial charge in [0.1, 0.15) is 0 Å². The Labute approximate surface area is 91.1 Å². The van der Waals surface area contributed by atoms with Crippen LogP contribution in [-0.2, 0) is 0 Å². The van der Waals surface area contributed by atoms with Crippen molar-refractivity contribution in [3.05, 3.63) is 32.9 Å². The van der Waals surface area contributed by atoms with Gasteiger partial charge in [-0.1, -0.05) is 19.9 Å². The molecule has 0 aliphatic rings. The first-order valence-corrected chi connectivity index (χ1v) is 5.13. The van der Waals surface area contributed by atoms with Gasteiger partial charge in [-0.25, -0.2) is 4.79 Å². The van der Waals surface area contributed by atoms with E-state index < -0.39 is 5.97 Å². The van der Waals surface area contributed by atoms with Crippen molar-refractivity contribution in [2.45, 2.75) is 19.8 Å². The molecule has 0 aromatic heterocycles. The fourth-order valence-corrected chi connectivity index (χ4v) is 2.27. The van der Waals surface area contributed by atoms with Crippen molar-refractivity contribution in [3.63, 3.8) is 0 Å². The lowest BCUT2D eigenvalue weighted by atomic mass is 10.0. The van der Waals surface area contributed by atoms with Crippen LogP contribution in [0.4, 0.5) is 0 Å². The summed E-state index contributed by atoms with van der Waals surface area (Å²) in [5.74, 6) is -0.428. The molecule has 0 saturated carbocycles. The average molecular weight is 290 g/mol. The summed E-state index contributed by atoms with van der Waals surface area (Å²) in [6.07, 6.45) is 0. The van der Waals surface area contributed by atoms with Crippen LogP contribution in [0.1, 0.15) is 35.7 Å². The number of carboxylic acid groups (broad SMARTS) is 1. The summed E-state index contributed by atoms with van der Waals surface area (Å²) >= 11 is 2.17. The zero-order valence-electron chi connectivity index (χ0n) is 7.54. The molecule has 0 radical (unpaired) electrons. The third-order valence-electron chi connectivity index (χ3n) is 1.87. The summed E-state index contributed by atoms with van der Waals surface area (Å²) in [5, 5.41) is 8.74. The summed E-state index contributed by atoms with van der Waals surface area (Å²) in [7, 11) is 0. The summed E-state index contributed by atoms with van der Waals surface area (Å²) in [4.78, 5) is 10.6. The van der Waals surface area contributed by atoms with Crippen molar-refractivity contribution >= 4 is 28.6 Å². The molecule has 0 amide bonds. The first kappa shape index (κ1) is 10.5. The van der Waals surface area contributed by atoms with E-state index in [1.165, 1.54) is 5.56 Å². The molecule has 0 atom stereocenters. The first-order chi connectivity index (χ1) is 6.02. The Kier molecular flexibility index (Phi) is 3.30. The zero-order chi connectivity index (χ0) is 10.0. The Hall–Kier alpha value is -0.580. The van der Waals surface area contributed by atoms with Gasteiger partial charge in [0.25, 0.3) is 0 Å². The molecule has 13 heavy (non-hydrogen) atoms. The summed E-state index contributed by atoms with van der Waals surface area (Å²) in [6.45, 7) is 4.19. The lowest BCUT2D eigenvalue weighted by molar-refractivity contribution is 0.0697. The third-order valence-corrected chi connectivity index (χ3v) is 2.80. The largest absolute Gasteiger partial charge is 0.478 e. The van der Waals surface area contributed by atoms with E-state index in [0.717, 1.165) is 3.57 Å². The second-order valence-electron chi connectivity index (χ2n) is 3.20. The van der Waals surface area contributed by atoms with E-state index in [0.29, 0.717) is 11.5 Å². The molecular weight excluding hydrogens is 279 g/mol. The number of halogens is 1. The predicted molar refractivity (Wildman–Crippen MR) is 60.2 cm³/mol. The number of aromatic carboxylic acids is 1. The highest BCUT2D eigenvalue weighted by molar-refractivity contribution is 14.1. The van der Waals surface area contributed by atoms with E-state index in [-0.39, 0.29) is 0 Å². The quantitative estimate of drug-likeness (QED) is 0.850. The molecule has 0 saturated heterocycles. The lowest BCUT2D eigenvalue weighted by Crippen LogP contribution is -1.99. The van der Waals surface area contributed by atoms with Crippen LogP contribution >= 0.6 is 22.6 Å². The highest BCUT2D eigenvalue weighted by Crippen LogP contribution is 2.22. The van der Waals surface area contributed by atoms with Crippen molar-refractivity contribution in [2.75, 3.05) is 0 Å². The molecule has 0 bridgehead atoms. The van der Waals surface area contributed by atoms with E-state index in [1.54, 1.807) is 12.1 Å². The summed E-state index contributed by atoms with van der Waals surface area (Å²) < 4.78 is 1.02. The normalized spacial score (nSPS) is 10.5. The van der Waals surface area contributed by atoms with Crippen LogP contribution in [0.2, 0.25) is 0 Å². The van der Waals surface area contributed by atoms with E-state index >= 15 is 0 Å². The van der Waals surface area contributed by atoms with Crippen LogP contribution in [0.25, 0.3) is 0 Å². The number of rotatable bonds is 2. The Morgan fingerprint density at radius 2 is 2.08 bits per heavy atom. The molecule has 0 spiro atoms. The first-order valence-electron chi connectivity index (χ1n) is 4.05. The zero-order valence-corrected chi connectivity index (χ0v) is 9.70. The minimum absolute atomic E-state index is 0.355. The fraction of sp³-hybridized carbons (Fsp3) is 0.300. The number of hydrogen-bond donors (Lipinski definition) is 1. The van der Waals surface area contributed by atoms with Crippen LogP contribution in [0, 0.1) is 3.57 Å². The molecule has 2 nitrogen and oxygen atoms in total. The maximum atomic E-state index is 10.6. The Balaban J connectivity index is 3.13. The summed E-state index contributed by atoms with van der Waals surface area (Å²) in [6, 6.07) is 5.24. The number of carboxylic acids is 1. The maximum absolute atomic E-state index is 10.6. The van der Waals surface area contributed by atoms with Crippen molar-refractivity contribution in [1.82, 2.24) is 0 Å². The Morgan fingerprint density at radius 1 is 1.46 bits per heavy atom. The number of carbonyl (C=O) groups is 1. The highest BCUT2D eigenvalue weighted by atomic mass is 127. The molecule has 70 valence electrons. The molecule has 0 unspecified atom stereocenters. The molecule has 0 fully saturated rings. The topological polar surface area (TPSA) is 37.3 Å². The molecule has 0 aliphatic carbocycles. The van der Waals surface area contributed by atoms with Gasteiger partial charge in [-0.05, 0) is 46.2 Å². The minimum atomic E-state index is -0.867. The van der Waals surface area contributed by atoms with Crippen LogP contribution in [0.5, 0.6) is 0 Å². The van der Waals surface area contributed by atoms with E-state index in [4.69, 9.17) is 5.11 Å². The Morgan fingerprint density at radius 3 is 2.46 bits per heavy atom. The van der Waals surface area contributed by atoms with Crippen LogP contribution < -0.4 is 0 Å². The van der Waals surface area contributed by atoms with Gasteiger partial charge in [-0.3, -0.25) is 0 Å². The van der Waals surface area contributed by atoms with Gasteiger partial charge in [0.15, 0.2) is 0 Å². The second kappa shape index (κ2) is 4.09. The second-order valence-corrected chi connectivity index (χ2v) is 4.36. The molecule has 1 aromatic rings.